The van der Waals surface area contributed by atoms with Gasteiger partial charge < -0.3 is 10.2 Å². The summed E-state index contributed by atoms with van der Waals surface area (Å²) in [5.41, 5.74) is 0.719. The summed E-state index contributed by atoms with van der Waals surface area (Å²) in [6, 6.07) is 10.5. The second kappa shape index (κ2) is 8.13. The lowest BCUT2D eigenvalue weighted by atomic mass is 10.2. The first-order valence-electron chi connectivity index (χ1n) is 7.16. The van der Waals surface area contributed by atoms with Gasteiger partial charge in [0.1, 0.15) is 5.82 Å². The Morgan fingerprint density at radius 1 is 1.12 bits per heavy atom. The van der Waals surface area contributed by atoms with E-state index in [4.69, 9.17) is 23.2 Å². The van der Waals surface area contributed by atoms with Crippen LogP contribution in [0.15, 0.2) is 42.5 Å². The van der Waals surface area contributed by atoms with Crippen molar-refractivity contribution in [2.45, 2.75) is 13.3 Å². The number of para-hydroxylation sites is 1. The minimum Gasteiger partial charge on any atom is -0.326 e. The van der Waals surface area contributed by atoms with E-state index in [1.807, 2.05) is 0 Å². The molecule has 0 atom stereocenters. The monoisotopic (exact) mass is 368 g/mol. The van der Waals surface area contributed by atoms with Gasteiger partial charge in [0.2, 0.25) is 11.8 Å². The fourth-order valence-corrected chi connectivity index (χ4v) is 2.78. The summed E-state index contributed by atoms with van der Waals surface area (Å²) in [6.45, 7) is 1.46. The molecule has 4 nitrogen and oxygen atoms in total. The summed E-state index contributed by atoms with van der Waals surface area (Å²) >= 11 is 12.2. The highest BCUT2D eigenvalue weighted by atomic mass is 35.5. The second-order valence-corrected chi connectivity index (χ2v) is 5.86. The zero-order valence-corrected chi connectivity index (χ0v) is 14.4. The van der Waals surface area contributed by atoms with Crippen molar-refractivity contribution < 1.29 is 14.0 Å². The van der Waals surface area contributed by atoms with Crippen molar-refractivity contribution in [3.63, 3.8) is 0 Å². The van der Waals surface area contributed by atoms with Crippen LogP contribution in [-0.4, -0.2) is 18.4 Å². The van der Waals surface area contributed by atoms with Crippen LogP contribution in [0.4, 0.5) is 15.8 Å². The Labute approximate surface area is 149 Å². The number of nitrogens with one attached hydrogen (secondary N) is 1. The third-order valence-corrected chi connectivity index (χ3v) is 3.87. The quantitative estimate of drug-likeness (QED) is 0.843. The lowest BCUT2D eigenvalue weighted by molar-refractivity contribution is -0.117. The van der Waals surface area contributed by atoms with Crippen LogP contribution < -0.4 is 10.2 Å². The van der Waals surface area contributed by atoms with Crippen LogP contribution in [0.3, 0.4) is 0 Å². The molecule has 0 aliphatic rings. The number of nitrogens with zero attached hydrogens (tertiary/aromatic N) is 1. The van der Waals surface area contributed by atoms with Gasteiger partial charge in [-0.3, -0.25) is 9.59 Å². The molecule has 0 bridgehead atoms. The van der Waals surface area contributed by atoms with Gasteiger partial charge in [0.15, 0.2) is 0 Å². The zero-order valence-electron chi connectivity index (χ0n) is 12.9. The summed E-state index contributed by atoms with van der Waals surface area (Å²) in [7, 11) is 0. The van der Waals surface area contributed by atoms with Gasteiger partial charge in [-0.25, -0.2) is 4.39 Å². The van der Waals surface area contributed by atoms with E-state index < -0.39 is 5.82 Å². The standard InChI is InChI=1S/C17H15Cl2FN2O2/c1-11(23)22(17-14(18)6-3-7-15(17)19)9-8-16(24)21-13-5-2-4-12(20)10-13/h2-7,10H,8-9H2,1H3,(H,21,24). The molecule has 0 heterocycles. The van der Waals surface area contributed by atoms with E-state index in [2.05, 4.69) is 5.32 Å². The number of rotatable bonds is 5. The number of hydrogen-bond acceptors (Lipinski definition) is 2. The first kappa shape index (κ1) is 18.2. The van der Waals surface area contributed by atoms with Gasteiger partial charge in [-0.15, -0.1) is 0 Å². The lowest BCUT2D eigenvalue weighted by Gasteiger charge is -2.23. The molecule has 0 radical (unpaired) electrons. The molecule has 0 spiro atoms. The van der Waals surface area contributed by atoms with Crippen molar-refractivity contribution in [3.8, 4) is 0 Å². The highest BCUT2D eigenvalue weighted by Gasteiger charge is 2.19. The molecule has 0 saturated heterocycles. The van der Waals surface area contributed by atoms with Gasteiger partial charge in [0, 0.05) is 25.6 Å². The molecule has 2 amide bonds. The Hall–Kier alpha value is -2.11. The van der Waals surface area contributed by atoms with Crippen LogP contribution >= 0.6 is 23.2 Å². The third-order valence-electron chi connectivity index (χ3n) is 3.26. The van der Waals surface area contributed by atoms with Crippen LogP contribution in [-0.2, 0) is 9.59 Å². The Bertz CT molecular complexity index is 748. The summed E-state index contributed by atoms with van der Waals surface area (Å²) in [5.74, 6) is -1.08. The average molecular weight is 369 g/mol. The minimum absolute atomic E-state index is 0.0116. The van der Waals surface area contributed by atoms with Crippen molar-refractivity contribution in [1.82, 2.24) is 0 Å². The predicted molar refractivity (Wildman–Crippen MR) is 94.1 cm³/mol. The Morgan fingerprint density at radius 2 is 1.75 bits per heavy atom. The molecule has 0 aromatic heterocycles. The Morgan fingerprint density at radius 3 is 2.33 bits per heavy atom. The van der Waals surface area contributed by atoms with E-state index in [0.29, 0.717) is 21.4 Å². The first-order valence-corrected chi connectivity index (χ1v) is 7.91. The zero-order chi connectivity index (χ0) is 17.7. The van der Waals surface area contributed by atoms with E-state index in [0.717, 1.165) is 0 Å². The van der Waals surface area contributed by atoms with Crippen molar-refractivity contribution in [2.24, 2.45) is 0 Å². The highest BCUT2D eigenvalue weighted by Crippen LogP contribution is 2.33. The number of hydrogen-bond donors (Lipinski definition) is 1. The van der Waals surface area contributed by atoms with Crippen LogP contribution in [0, 0.1) is 5.82 Å². The van der Waals surface area contributed by atoms with Crippen LogP contribution in [0.1, 0.15) is 13.3 Å². The average Bonchev–Trinajstić information content (AvgIpc) is 2.49. The fraction of sp³-hybridized carbons (Fsp3) is 0.176. The molecule has 126 valence electrons. The van der Waals surface area contributed by atoms with E-state index in [1.54, 1.807) is 24.3 Å². The molecule has 7 heteroatoms. The van der Waals surface area contributed by atoms with Gasteiger partial charge in [-0.2, -0.15) is 0 Å². The Kier molecular flexibility index (Phi) is 6.17. The van der Waals surface area contributed by atoms with E-state index in [1.165, 1.54) is 30.0 Å². The molecule has 0 unspecified atom stereocenters. The number of anilines is 2. The number of carbonyl (C=O) groups is 2. The van der Waals surface area contributed by atoms with Crippen molar-refractivity contribution >= 4 is 46.4 Å². The third kappa shape index (κ3) is 4.69. The first-order chi connectivity index (χ1) is 11.4. The van der Waals surface area contributed by atoms with E-state index >= 15 is 0 Å². The molecule has 2 aromatic rings. The number of carbonyl (C=O) groups excluding carboxylic acids is 2. The van der Waals surface area contributed by atoms with Crippen molar-refractivity contribution in [3.05, 3.63) is 58.3 Å². The molecule has 0 aliphatic heterocycles. The number of halogens is 3. The highest BCUT2D eigenvalue weighted by molar-refractivity contribution is 6.39. The maximum absolute atomic E-state index is 13.1. The van der Waals surface area contributed by atoms with Gasteiger partial charge in [-0.05, 0) is 30.3 Å². The van der Waals surface area contributed by atoms with Crippen LogP contribution in [0.25, 0.3) is 0 Å². The number of amides is 2. The maximum Gasteiger partial charge on any atom is 0.226 e. The molecular weight excluding hydrogens is 354 g/mol. The molecule has 2 rings (SSSR count). The second-order valence-electron chi connectivity index (χ2n) is 5.05. The predicted octanol–water partition coefficient (Wildman–Crippen LogP) is 4.51. The summed E-state index contributed by atoms with van der Waals surface area (Å²) in [4.78, 5) is 25.2. The van der Waals surface area contributed by atoms with Crippen LogP contribution in [0.5, 0.6) is 0 Å². The van der Waals surface area contributed by atoms with Crippen molar-refractivity contribution in [1.29, 1.82) is 0 Å². The van der Waals surface area contributed by atoms with Gasteiger partial charge in [-0.1, -0.05) is 35.3 Å². The smallest absolute Gasteiger partial charge is 0.226 e. The SMILES string of the molecule is CC(=O)N(CCC(=O)Nc1cccc(F)c1)c1c(Cl)cccc1Cl. The lowest BCUT2D eigenvalue weighted by Crippen LogP contribution is -2.32. The summed E-state index contributed by atoms with van der Waals surface area (Å²) < 4.78 is 13.1. The van der Waals surface area contributed by atoms with Crippen LogP contribution in [0.2, 0.25) is 10.0 Å². The largest absolute Gasteiger partial charge is 0.326 e. The summed E-state index contributed by atoms with van der Waals surface area (Å²) in [5, 5.41) is 3.22. The van der Waals surface area contributed by atoms with Gasteiger partial charge in [0.05, 0.1) is 15.7 Å². The summed E-state index contributed by atoms with van der Waals surface area (Å²) in [6.07, 6.45) is 0.0116. The van der Waals surface area contributed by atoms with Gasteiger partial charge in [0.25, 0.3) is 0 Å². The maximum atomic E-state index is 13.1. The molecule has 1 N–H and O–H groups in total. The van der Waals surface area contributed by atoms with Crippen molar-refractivity contribution in [2.75, 3.05) is 16.8 Å². The fourth-order valence-electron chi connectivity index (χ4n) is 2.18. The molecular formula is C17H15Cl2FN2O2. The molecule has 2 aromatic carbocycles. The molecule has 24 heavy (non-hydrogen) atoms. The molecule has 0 saturated carbocycles. The molecule has 0 aliphatic carbocycles. The van der Waals surface area contributed by atoms with E-state index in [9.17, 15) is 14.0 Å². The van der Waals surface area contributed by atoms with Gasteiger partial charge >= 0.3 is 0 Å². The topological polar surface area (TPSA) is 49.4 Å². The van der Waals surface area contributed by atoms with E-state index in [-0.39, 0.29) is 24.8 Å². The number of benzene rings is 2. The molecule has 0 fully saturated rings. The Balaban J connectivity index is 2.07. The normalized spacial score (nSPS) is 10.3. The minimum atomic E-state index is -0.444.